The van der Waals surface area contributed by atoms with E-state index in [0.29, 0.717) is 6.54 Å². The lowest BCUT2D eigenvalue weighted by molar-refractivity contribution is -0.157. The fourth-order valence-electron chi connectivity index (χ4n) is 7.30. The topological polar surface area (TPSA) is 163 Å². The van der Waals surface area contributed by atoms with E-state index in [1.165, 1.54) is 0 Å². The van der Waals surface area contributed by atoms with Crippen LogP contribution in [0.4, 0.5) is 4.79 Å². The number of Topliss-reactive ketones (excluding diaryl/α,β-unsaturated/α-hetero) is 1. The molecule has 12 nitrogen and oxygen atoms in total. The number of urea groups is 1. The second kappa shape index (κ2) is 14.3. The number of likely N-dealkylation sites (tertiary alicyclic amines) is 1. The number of esters is 1. The monoisotopic (exact) mass is 695 g/mol. The van der Waals surface area contributed by atoms with Gasteiger partial charge in [0.25, 0.3) is 5.91 Å². The SMILES string of the molecule is CC(C)(C)NC(=O)N[C@H](C(=O)N1CC2C([C@H]1C(=O)NC(CC1CCC1)C(=O)C(=O)NCC(=O)OC(C)(C)c1ccccc1)C2(C)C)C(C)(C)C. The smallest absolute Gasteiger partial charge is 0.326 e. The molecule has 5 atom stereocenters. The summed E-state index contributed by atoms with van der Waals surface area (Å²) in [5.74, 6) is -3.34. The second-order valence-corrected chi connectivity index (χ2v) is 17.5. The number of amides is 5. The largest absolute Gasteiger partial charge is 0.453 e. The summed E-state index contributed by atoms with van der Waals surface area (Å²) in [4.78, 5) is 82.2. The van der Waals surface area contributed by atoms with Gasteiger partial charge in [-0.15, -0.1) is 0 Å². The summed E-state index contributed by atoms with van der Waals surface area (Å²) in [7, 11) is 0. The molecule has 276 valence electrons. The van der Waals surface area contributed by atoms with Gasteiger partial charge in [0.15, 0.2) is 0 Å². The van der Waals surface area contributed by atoms with Crippen molar-refractivity contribution in [1.29, 1.82) is 0 Å². The first kappa shape index (κ1) is 38.8. The van der Waals surface area contributed by atoms with Gasteiger partial charge in [-0.1, -0.05) is 84.2 Å². The third-order valence-corrected chi connectivity index (χ3v) is 10.5. The van der Waals surface area contributed by atoms with E-state index in [2.05, 4.69) is 35.1 Å². The van der Waals surface area contributed by atoms with E-state index in [1.807, 2.05) is 71.9 Å². The van der Waals surface area contributed by atoms with E-state index >= 15 is 0 Å². The molecular weight excluding hydrogens is 638 g/mol. The Morgan fingerprint density at radius 2 is 1.54 bits per heavy atom. The number of carbonyl (C=O) groups is 6. The zero-order chi connectivity index (χ0) is 37.4. The Hall–Kier alpha value is -3.96. The van der Waals surface area contributed by atoms with Gasteiger partial charge in [0, 0.05) is 12.1 Å². The number of carbonyl (C=O) groups excluding carboxylic acids is 6. The van der Waals surface area contributed by atoms with E-state index in [4.69, 9.17) is 4.74 Å². The molecule has 1 aliphatic heterocycles. The Labute approximate surface area is 296 Å². The van der Waals surface area contributed by atoms with Gasteiger partial charge in [0.1, 0.15) is 24.2 Å². The quantitative estimate of drug-likeness (QED) is 0.191. The number of fused-ring (bicyclic) bond motifs is 1. The Bertz CT molecular complexity index is 1470. The zero-order valence-corrected chi connectivity index (χ0v) is 31.4. The molecule has 1 heterocycles. The summed E-state index contributed by atoms with van der Waals surface area (Å²) in [5.41, 5.74) is -1.58. The minimum Gasteiger partial charge on any atom is -0.453 e. The summed E-state index contributed by atoms with van der Waals surface area (Å²) in [6, 6.07) is 5.76. The lowest BCUT2D eigenvalue weighted by atomic mass is 9.80. The molecule has 0 bridgehead atoms. The molecule has 12 heteroatoms. The van der Waals surface area contributed by atoms with Crippen molar-refractivity contribution in [1.82, 2.24) is 26.2 Å². The van der Waals surface area contributed by atoms with E-state index in [0.717, 1.165) is 24.8 Å². The Morgan fingerprint density at radius 3 is 2.08 bits per heavy atom. The second-order valence-electron chi connectivity index (χ2n) is 17.5. The highest BCUT2D eigenvalue weighted by Gasteiger charge is 2.70. The van der Waals surface area contributed by atoms with Gasteiger partial charge in [-0.3, -0.25) is 24.0 Å². The number of rotatable bonds is 12. The van der Waals surface area contributed by atoms with Gasteiger partial charge in [0.05, 0.1) is 6.04 Å². The van der Waals surface area contributed by atoms with Crippen LogP contribution in [0.5, 0.6) is 0 Å². The first-order valence-electron chi connectivity index (χ1n) is 17.8. The maximum atomic E-state index is 14.2. The Morgan fingerprint density at radius 1 is 0.920 bits per heavy atom. The molecule has 2 aliphatic carbocycles. The Kier molecular flexibility index (Phi) is 11.1. The van der Waals surface area contributed by atoms with Crippen LogP contribution < -0.4 is 21.3 Å². The van der Waals surface area contributed by atoms with Gasteiger partial charge >= 0.3 is 12.0 Å². The third kappa shape index (κ3) is 9.03. The van der Waals surface area contributed by atoms with Crippen molar-refractivity contribution in [3.05, 3.63) is 35.9 Å². The molecular formula is C38H57N5O7. The number of nitrogens with one attached hydrogen (secondary N) is 4. The predicted molar refractivity (Wildman–Crippen MR) is 188 cm³/mol. The minimum absolute atomic E-state index is 0.0708. The van der Waals surface area contributed by atoms with Crippen LogP contribution in [0.15, 0.2) is 30.3 Å². The van der Waals surface area contributed by atoms with Crippen LogP contribution in [0.3, 0.4) is 0 Å². The van der Waals surface area contributed by atoms with E-state index < -0.39 is 70.8 Å². The maximum absolute atomic E-state index is 14.2. The zero-order valence-electron chi connectivity index (χ0n) is 31.4. The fourth-order valence-corrected chi connectivity index (χ4v) is 7.30. The van der Waals surface area contributed by atoms with Crippen LogP contribution in [0.1, 0.15) is 100 Å². The average molecular weight is 696 g/mol. The van der Waals surface area contributed by atoms with Gasteiger partial charge in [-0.2, -0.15) is 0 Å². The number of hydrogen-bond donors (Lipinski definition) is 4. The van der Waals surface area contributed by atoms with Gasteiger partial charge in [-0.25, -0.2) is 4.79 Å². The molecule has 0 radical (unpaired) electrons. The lowest BCUT2D eigenvalue weighted by Gasteiger charge is -2.38. The van der Waals surface area contributed by atoms with Gasteiger partial charge in [0.2, 0.25) is 17.6 Å². The highest BCUT2D eigenvalue weighted by Crippen LogP contribution is 2.65. The average Bonchev–Trinajstić information content (AvgIpc) is 3.29. The molecule has 3 aliphatic rings. The first-order chi connectivity index (χ1) is 23.0. The van der Waals surface area contributed by atoms with Gasteiger partial charge in [-0.05, 0) is 75.2 Å². The summed E-state index contributed by atoms with van der Waals surface area (Å²) in [5, 5.41) is 10.9. The van der Waals surface area contributed by atoms with Crippen LogP contribution in [0.2, 0.25) is 0 Å². The molecule has 4 N–H and O–H groups in total. The molecule has 50 heavy (non-hydrogen) atoms. The van der Waals surface area contributed by atoms with Crippen molar-refractivity contribution >= 4 is 35.5 Å². The maximum Gasteiger partial charge on any atom is 0.326 e. The van der Waals surface area contributed by atoms with Crippen LogP contribution in [-0.4, -0.2) is 77.2 Å². The Balaban J connectivity index is 1.47. The third-order valence-electron chi connectivity index (χ3n) is 10.5. The fraction of sp³-hybridized carbons (Fsp3) is 0.684. The molecule has 4 rings (SSSR count). The first-order valence-corrected chi connectivity index (χ1v) is 17.8. The number of ether oxygens (including phenoxy) is 1. The highest BCUT2D eigenvalue weighted by atomic mass is 16.6. The molecule has 5 amide bonds. The predicted octanol–water partition coefficient (Wildman–Crippen LogP) is 3.82. The standard InChI is InChI=1S/C38H57N5O7/c1-35(2,3)30(41-34(49)42-36(4,5)6)33(48)43-21-24-27(37(24,7)8)28(43)31(46)40-25(19-22-15-14-16-22)29(45)32(47)39-20-26(44)50-38(9,10)23-17-12-11-13-18-23/h11-13,17-18,22,24-25,27-28,30H,14-16,19-21H2,1-10H3,(H,39,47)(H,40,46)(H2,41,42,49)/t24?,25?,27?,28-,30+/m0/s1. The number of piperidine rings is 1. The van der Waals surface area contributed by atoms with Crippen molar-refractivity contribution < 1.29 is 33.5 Å². The van der Waals surface area contributed by atoms with E-state index in [1.54, 1.807) is 18.7 Å². The number of hydrogen-bond acceptors (Lipinski definition) is 7. The van der Waals surface area contributed by atoms with E-state index in [-0.39, 0.29) is 35.5 Å². The lowest BCUT2D eigenvalue weighted by Crippen LogP contribution is -2.62. The van der Waals surface area contributed by atoms with Crippen LogP contribution in [0, 0.1) is 28.6 Å². The van der Waals surface area contributed by atoms with Crippen molar-refractivity contribution in [3.8, 4) is 0 Å². The summed E-state index contributed by atoms with van der Waals surface area (Å²) in [6.07, 6.45) is 3.04. The molecule has 0 aromatic heterocycles. The van der Waals surface area contributed by atoms with Crippen molar-refractivity contribution in [2.45, 2.75) is 124 Å². The number of ketones is 1. The minimum atomic E-state index is -1.13. The molecule has 3 unspecified atom stereocenters. The molecule has 0 spiro atoms. The number of benzene rings is 1. The van der Waals surface area contributed by atoms with Crippen LogP contribution >= 0.6 is 0 Å². The van der Waals surface area contributed by atoms with Crippen molar-refractivity contribution in [2.75, 3.05) is 13.1 Å². The van der Waals surface area contributed by atoms with Gasteiger partial charge < -0.3 is 30.9 Å². The molecule has 1 aromatic carbocycles. The molecule has 1 saturated heterocycles. The molecule has 1 aromatic rings. The number of nitrogens with zero attached hydrogens (tertiary/aromatic N) is 1. The summed E-state index contributed by atoms with van der Waals surface area (Å²) < 4.78 is 5.60. The molecule has 3 fully saturated rings. The molecule has 2 saturated carbocycles. The van der Waals surface area contributed by atoms with Crippen LogP contribution in [-0.2, 0) is 34.3 Å². The normalized spacial score (nSPS) is 22.6. The van der Waals surface area contributed by atoms with Crippen LogP contribution in [0.25, 0.3) is 0 Å². The summed E-state index contributed by atoms with van der Waals surface area (Å²) >= 11 is 0. The van der Waals surface area contributed by atoms with Crippen molar-refractivity contribution in [3.63, 3.8) is 0 Å². The summed E-state index contributed by atoms with van der Waals surface area (Å²) in [6.45, 7) is 18.5. The highest BCUT2D eigenvalue weighted by molar-refractivity contribution is 6.38. The van der Waals surface area contributed by atoms with Crippen molar-refractivity contribution in [2.24, 2.45) is 28.6 Å². The van der Waals surface area contributed by atoms with E-state index in [9.17, 15) is 28.8 Å².